The van der Waals surface area contributed by atoms with Crippen LogP contribution < -0.4 is 10.9 Å². The first-order chi connectivity index (χ1) is 13.0. The Kier molecular flexibility index (Phi) is 5.86. The molecule has 0 aliphatic carbocycles. The summed E-state index contributed by atoms with van der Waals surface area (Å²) in [6.07, 6.45) is 3.32. The summed E-state index contributed by atoms with van der Waals surface area (Å²) in [5.74, 6) is -0.284. The molecule has 0 saturated carbocycles. The van der Waals surface area contributed by atoms with Crippen LogP contribution in [0.5, 0.6) is 0 Å². The van der Waals surface area contributed by atoms with E-state index in [0.717, 1.165) is 19.3 Å². The molecule has 2 aromatic carbocycles. The number of benzene rings is 2. The SMILES string of the molecule is CCCCc1ccc(NC(=O)[C@H](C)n2c(=S)[nH]c3ccccc3c2=O)cc1. The molecule has 0 radical (unpaired) electrons. The van der Waals surface area contributed by atoms with Gasteiger partial charge in [-0.05, 0) is 61.8 Å². The number of nitrogens with one attached hydrogen (secondary N) is 2. The van der Waals surface area contributed by atoms with E-state index < -0.39 is 6.04 Å². The van der Waals surface area contributed by atoms with Crippen LogP contribution in [-0.4, -0.2) is 15.5 Å². The third-order valence-corrected chi connectivity index (χ3v) is 4.94. The van der Waals surface area contributed by atoms with Crippen molar-refractivity contribution in [2.45, 2.75) is 39.2 Å². The lowest BCUT2D eigenvalue weighted by Crippen LogP contribution is -2.32. The molecule has 1 amide bonds. The minimum Gasteiger partial charge on any atom is -0.332 e. The third-order valence-electron chi connectivity index (χ3n) is 4.64. The molecule has 0 aliphatic heterocycles. The van der Waals surface area contributed by atoms with E-state index in [1.807, 2.05) is 30.3 Å². The first kappa shape index (κ1) is 19.0. The topological polar surface area (TPSA) is 66.9 Å². The molecule has 3 aromatic rings. The smallest absolute Gasteiger partial charge is 0.262 e. The Balaban J connectivity index is 1.82. The molecule has 1 atom stereocenters. The highest BCUT2D eigenvalue weighted by Gasteiger charge is 2.19. The first-order valence-corrected chi connectivity index (χ1v) is 9.55. The first-order valence-electron chi connectivity index (χ1n) is 9.14. The number of aryl methyl sites for hydroxylation is 1. The molecule has 140 valence electrons. The normalized spacial score (nSPS) is 12.1. The molecule has 1 aromatic heterocycles. The Bertz CT molecular complexity index is 1070. The van der Waals surface area contributed by atoms with Gasteiger partial charge in [-0.2, -0.15) is 0 Å². The third kappa shape index (κ3) is 4.17. The number of unbranched alkanes of at least 4 members (excludes halogenated alkanes) is 1. The van der Waals surface area contributed by atoms with Crippen molar-refractivity contribution in [3.63, 3.8) is 0 Å². The largest absolute Gasteiger partial charge is 0.332 e. The number of rotatable bonds is 6. The average molecular weight is 382 g/mol. The van der Waals surface area contributed by atoms with Gasteiger partial charge in [0.05, 0.1) is 10.9 Å². The summed E-state index contributed by atoms with van der Waals surface area (Å²) >= 11 is 5.31. The minimum atomic E-state index is -0.731. The second-order valence-electron chi connectivity index (χ2n) is 6.62. The summed E-state index contributed by atoms with van der Waals surface area (Å²) in [7, 11) is 0. The van der Waals surface area contributed by atoms with E-state index in [0.29, 0.717) is 16.6 Å². The zero-order valence-electron chi connectivity index (χ0n) is 15.5. The summed E-state index contributed by atoms with van der Waals surface area (Å²) in [6.45, 7) is 3.83. The van der Waals surface area contributed by atoms with Gasteiger partial charge in [-0.15, -0.1) is 0 Å². The minimum absolute atomic E-state index is 0.233. The van der Waals surface area contributed by atoms with Crippen LogP contribution in [0.2, 0.25) is 0 Å². The number of anilines is 1. The number of fused-ring (bicyclic) bond motifs is 1. The summed E-state index contributed by atoms with van der Waals surface area (Å²) in [5.41, 5.74) is 2.35. The van der Waals surface area contributed by atoms with Crippen molar-refractivity contribution in [2.75, 3.05) is 5.32 Å². The molecule has 0 aliphatic rings. The Morgan fingerprint density at radius 3 is 2.59 bits per heavy atom. The van der Waals surface area contributed by atoms with E-state index in [-0.39, 0.29) is 16.2 Å². The standard InChI is InChI=1S/C21H23N3O2S/c1-3-4-7-15-10-12-16(13-11-15)22-19(25)14(2)24-20(26)17-8-5-6-9-18(17)23-21(24)27/h5-6,8-14H,3-4,7H2,1-2H3,(H,22,25)(H,23,27)/t14-/m0/s1. The maximum absolute atomic E-state index is 12.8. The molecule has 2 N–H and O–H groups in total. The summed E-state index contributed by atoms with van der Waals surface area (Å²) in [4.78, 5) is 28.5. The number of carbonyl (C=O) groups excluding carboxylic acids is 1. The van der Waals surface area contributed by atoms with E-state index in [4.69, 9.17) is 12.2 Å². The van der Waals surface area contributed by atoms with Crippen molar-refractivity contribution in [3.05, 3.63) is 69.2 Å². The Hall–Kier alpha value is -2.73. The highest BCUT2D eigenvalue weighted by atomic mass is 32.1. The van der Waals surface area contributed by atoms with Gasteiger partial charge in [0.2, 0.25) is 5.91 Å². The van der Waals surface area contributed by atoms with Gasteiger partial charge < -0.3 is 10.3 Å². The zero-order chi connectivity index (χ0) is 19.4. The number of amides is 1. The maximum atomic E-state index is 12.8. The molecule has 5 nitrogen and oxygen atoms in total. The molecule has 0 spiro atoms. The Morgan fingerprint density at radius 2 is 1.89 bits per heavy atom. The summed E-state index contributed by atoms with van der Waals surface area (Å²) in [6, 6.07) is 14.2. The number of aromatic nitrogens is 2. The maximum Gasteiger partial charge on any atom is 0.262 e. The lowest BCUT2D eigenvalue weighted by molar-refractivity contribution is -0.118. The van der Waals surface area contributed by atoms with E-state index in [2.05, 4.69) is 17.2 Å². The fourth-order valence-electron chi connectivity index (χ4n) is 3.03. The number of carbonyl (C=O) groups is 1. The van der Waals surface area contributed by atoms with Crippen LogP contribution in [0.1, 0.15) is 38.3 Å². The molecule has 3 rings (SSSR count). The Morgan fingerprint density at radius 1 is 1.19 bits per heavy atom. The molecule has 0 unspecified atom stereocenters. The van der Waals surface area contributed by atoms with E-state index >= 15 is 0 Å². The highest BCUT2D eigenvalue weighted by molar-refractivity contribution is 7.71. The van der Waals surface area contributed by atoms with Crippen molar-refractivity contribution in [1.82, 2.24) is 9.55 Å². The van der Waals surface area contributed by atoms with Gasteiger partial charge in [0.15, 0.2) is 4.77 Å². The fraction of sp³-hybridized carbons (Fsp3) is 0.286. The van der Waals surface area contributed by atoms with Crippen molar-refractivity contribution in [2.24, 2.45) is 0 Å². The molecule has 1 heterocycles. The predicted octanol–water partition coefficient (Wildman–Crippen LogP) is 4.60. The number of hydrogen-bond acceptors (Lipinski definition) is 3. The number of H-pyrrole nitrogens is 1. The van der Waals surface area contributed by atoms with Crippen LogP contribution in [0.25, 0.3) is 10.9 Å². The van der Waals surface area contributed by atoms with Crippen molar-refractivity contribution in [3.8, 4) is 0 Å². The molecule has 27 heavy (non-hydrogen) atoms. The fourth-order valence-corrected chi connectivity index (χ4v) is 3.38. The molecule has 0 saturated heterocycles. The monoisotopic (exact) mass is 381 g/mol. The number of aromatic amines is 1. The quantitative estimate of drug-likeness (QED) is 0.613. The average Bonchev–Trinajstić information content (AvgIpc) is 2.67. The molecular weight excluding hydrogens is 358 g/mol. The van der Waals surface area contributed by atoms with E-state index in [1.54, 1.807) is 25.1 Å². The van der Waals surface area contributed by atoms with Crippen molar-refractivity contribution in [1.29, 1.82) is 0 Å². The van der Waals surface area contributed by atoms with Crippen molar-refractivity contribution >= 4 is 34.7 Å². The molecule has 0 fully saturated rings. The summed E-state index contributed by atoms with van der Waals surface area (Å²) in [5, 5.41) is 3.37. The lowest BCUT2D eigenvalue weighted by atomic mass is 10.1. The number of nitrogens with zero attached hydrogens (tertiary/aromatic N) is 1. The van der Waals surface area contributed by atoms with Crippen LogP contribution in [0, 0.1) is 4.77 Å². The predicted molar refractivity (Wildman–Crippen MR) is 112 cm³/mol. The summed E-state index contributed by atoms with van der Waals surface area (Å²) < 4.78 is 1.55. The van der Waals surface area contributed by atoms with E-state index in [9.17, 15) is 9.59 Å². The van der Waals surface area contributed by atoms with Crippen LogP contribution >= 0.6 is 12.2 Å². The van der Waals surface area contributed by atoms with Gasteiger partial charge >= 0.3 is 0 Å². The van der Waals surface area contributed by atoms with Gasteiger partial charge in [-0.25, -0.2) is 0 Å². The van der Waals surface area contributed by atoms with Gasteiger partial charge in [0.1, 0.15) is 6.04 Å². The van der Waals surface area contributed by atoms with Crippen LogP contribution in [0.15, 0.2) is 53.3 Å². The lowest BCUT2D eigenvalue weighted by Gasteiger charge is -2.16. The van der Waals surface area contributed by atoms with Gasteiger partial charge in [0, 0.05) is 5.69 Å². The Labute approximate surface area is 163 Å². The van der Waals surface area contributed by atoms with E-state index in [1.165, 1.54) is 10.1 Å². The van der Waals surface area contributed by atoms with Crippen molar-refractivity contribution < 1.29 is 4.79 Å². The van der Waals surface area contributed by atoms with Crippen LogP contribution in [-0.2, 0) is 11.2 Å². The molecular formula is C21H23N3O2S. The second-order valence-corrected chi connectivity index (χ2v) is 7.00. The van der Waals surface area contributed by atoms with Crippen LogP contribution in [0.4, 0.5) is 5.69 Å². The number of hydrogen-bond donors (Lipinski definition) is 2. The zero-order valence-corrected chi connectivity index (χ0v) is 16.3. The van der Waals surface area contributed by atoms with Crippen LogP contribution in [0.3, 0.4) is 0 Å². The molecule has 0 bridgehead atoms. The highest BCUT2D eigenvalue weighted by Crippen LogP contribution is 2.15. The second kappa shape index (κ2) is 8.31. The van der Waals surface area contributed by atoms with Gasteiger partial charge in [-0.3, -0.25) is 14.2 Å². The number of para-hydroxylation sites is 1. The van der Waals surface area contributed by atoms with Gasteiger partial charge in [-0.1, -0.05) is 37.6 Å². The van der Waals surface area contributed by atoms with Gasteiger partial charge in [0.25, 0.3) is 5.56 Å². The molecule has 6 heteroatoms.